The topological polar surface area (TPSA) is 113 Å². The van der Waals surface area contributed by atoms with Gasteiger partial charge in [0.05, 0.1) is 45.3 Å². The molecule has 1 aliphatic rings. The number of nitrogens with zero attached hydrogens (tertiary/aromatic N) is 2. The minimum absolute atomic E-state index is 0.0483. The predicted molar refractivity (Wildman–Crippen MR) is 143 cm³/mol. The lowest BCUT2D eigenvalue weighted by Gasteiger charge is -2.27. The number of alkyl halides is 2. The minimum atomic E-state index is -2.88. The Morgan fingerprint density at radius 1 is 0.875 bits per heavy atom. The van der Waals surface area contributed by atoms with Crippen molar-refractivity contribution in [3.63, 3.8) is 0 Å². The second kappa shape index (κ2) is 14.6. The van der Waals surface area contributed by atoms with Crippen LogP contribution in [0.3, 0.4) is 0 Å². The van der Waals surface area contributed by atoms with Crippen LogP contribution in [0.1, 0.15) is 37.7 Å². The molecule has 0 atom stereocenters. The lowest BCUT2D eigenvalue weighted by molar-refractivity contribution is -0.0526. The van der Waals surface area contributed by atoms with E-state index >= 15 is 0 Å². The number of nitrogens with one attached hydrogen (secondary N) is 2. The smallest absolute Gasteiger partial charge is 0.387 e. The molecule has 0 unspecified atom stereocenters. The zero-order valence-corrected chi connectivity index (χ0v) is 22.3. The van der Waals surface area contributed by atoms with E-state index in [9.17, 15) is 8.78 Å². The summed E-state index contributed by atoms with van der Waals surface area (Å²) < 4.78 is 56.1. The molecule has 40 heavy (non-hydrogen) atoms. The van der Waals surface area contributed by atoms with Crippen molar-refractivity contribution in [3.05, 3.63) is 73.1 Å². The van der Waals surface area contributed by atoms with Crippen LogP contribution in [-0.2, 0) is 13.1 Å². The third-order valence-electron chi connectivity index (χ3n) is 5.87. The van der Waals surface area contributed by atoms with Crippen LogP contribution in [0.4, 0.5) is 20.2 Å². The standard InChI is InChI=1S/C15H16F2N2O3.C13H16N2O3/c16-15(17)22-13-5-4-10(19-8-12-7-18-9-20-12)6-14(13)21-11-2-1-3-11;1-3-17-13-6-10(4-5-12(13)16-2)15-8-11-7-14-9-18-11/h4-7,9,11,15,19H,1-3,8H2;4-7,9,15H,3,8H2,1-2H3. The van der Waals surface area contributed by atoms with E-state index in [1.807, 2.05) is 25.1 Å². The van der Waals surface area contributed by atoms with E-state index < -0.39 is 6.61 Å². The second-order valence-corrected chi connectivity index (χ2v) is 8.65. The van der Waals surface area contributed by atoms with Gasteiger partial charge in [0, 0.05) is 23.5 Å². The van der Waals surface area contributed by atoms with Crippen molar-refractivity contribution in [2.75, 3.05) is 24.4 Å². The van der Waals surface area contributed by atoms with E-state index in [-0.39, 0.29) is 11.9 Å². The van der Waals surface area contributed by atoms with E-state index in [0.717, 1.165) is 47.9 Å². The van der Waals surface area contributed by atoms with Crippen LogP contribution in [0.25, 0.3) is 0 Å². The van der Waals surface area contributed by atoms with Crippen molar-refractivity contribution in [2.45, 2.75) is 52.0 Å². The fraction of sp³-hybridized carbons (Fsp3) is 0.357. The number of oxazole rings is 2. The van der Waals surface area contributed by atoms with Gasteiger partial charge in [-0.3, -0.25) is 0 Å². The molecule has 0 amide bonds. The molecule has 1 aliphatic carbocycles. The third-order valence-corrected chi connectivity index (χ3v) is 5.87. The van der Waals surface area contributed by atoms with Crippen molar-refractivity contribution >= 4 is 11.4 Å². The lowest BCUT2D eigenvalue weighted by Crippen LogP contribution is -2.25. The van der Waals surface area contributed by atoms with Gasteiger partial charge in [0.1, 0.15) is 11.5 Å². The Morgan fingerprint density at radius 2 is 1.48 bits per heavy atom. The molecular formula is C28H32F2N4O6. The van der Waals surface area contributed by atoms with Crippen molar-refractivity contribution < 1.29 is 36.6 Å². The number of rotatable bonds is 13. The van der Waals surface area contributed by atoms with E-state index in [4.69, 9.17) is 23.0 Å². The van der Waals surface area contributed by atoms with E-state index in [2.05, 4.69) is 25.3 Å². The van der Waals surface area contributed by atoms with Gasteiger partial charge in [0.15, 0.2) is 35.8 Å². The molecule has 2 heterocycles. The zero-order valence-electron chi connectivity index (χ0n) is 22.3. The average molecular weight is 559 g/mol. The summed E-state index contributed by atoms with van der Waals surface area (Å²) in [5.74, 6) is 3.28. The van der Waals surface area contributed by atoms with Gasteiger partial charge >= 0.3 is 6.61 Å². The fourth-order valence-electron chi connectivity index (χ4n) is 3.66. The van der Waals surface area contributed by atoms with E-state index in [0.29, 0.717) is 31.2 Å². The van der Waals surface area contributed by atoms with Gasteiger partial charge in [0.25, 0.3) is 0 Å². The van der Waals surface area contributed by atoms with Gasteiger partial charge in [-0.2, -0.15) is 8.78 Å². The van der Waals surface area contributed by atoms with Gasteiger partial charge in [-0.15, -0.1) is 0 Å². The Balaban J connectivity index is 0.000000189. The lowest BCUT2D eigenvalue weighted by atomic mass is 9.96. The van der Waals surface area contributed by atoms with Crippen LogP contribution in [0.15, 0.2) is 70.4 Å². The number of anilines is 2. The molecule has 2 N–H and O–H groups in total. The highest BCUT2D eigenvalue weighted by atomic mass is 19.3. The number of hydrogen-bond acceptors (Lipinski definition) is 10. The molecule has 214 valence electrons. The number of ether oxygens (including phenoxy) is 4. The first-order chi connectivity index (χ1) is 19.5. The molecule has 1 saturated carbocycles. The Kier molecular flexibility index (Phi) is 10.4. The summed E-state index contributed by atoms with van der Waals surface area (Å²) in [6.45, 7) is 0.683. The van der Waals surface area contributed by atoms with E-state index in [1.165, 1.54) is 18.9 Å². The molecular weight excluding hydrogens is 526 g/mol. The first-order valence-electron chi connectivity index (χ1n) is 12.8. The summed E-state index contributed by atoms with van der Waals surface area (Å²) in [5, 5.41) is 6.35. The van der Waals surface area contributed by atoms with Crippen LogP contribution in [-0.4, -0.2) is 36.4 Å². The predicted octanol–water partition coefficient (Wildman–Crippen LogP) is 6.51. The largest absolute Gasteiger partial charge is 0.493 e. The van der Waals surface area contributed by atoms with Crippen LogP contribution in [0.2, 0.25) is 0 Å². The Bertz CT molecular complexity index is 1280. The molecule has 0 bridgehead atoms. The minimum Gasteiger partial charge on any atom is -0.493 e. The van der Waals surface area contributed by atoms with Gasteiger partial charge in [0.2, 0.25) is 0 Å². The maximum Gasteiger partial charge on any atom is 0.387 e. The first-order valence-corrected chi connectivity index (χ1v) is 12.8. The third kappa shape index (κ3) is 8.52. The first kappa shape index (κ1) is 28.5. The number of methoxy groups -OCH3 is 1. The molecule has 0 aliphatic heterocycles. The Hall–Kier alpha value is -4.48. The summed E-state index contributed by atoms with van der Waals surface area (Å²) >= 11 is 0. The quantitative estimate of drug-likeness (QED) is 0.188. The maximum atomic E-state index is 12.5. The van der Waals surface area contributed by atoms with Crippen LogP contribution in [0.5, 0.6) is 23.0 Å². The van der Waals surface area contributed by atoms with Gasteiger partial charge in [-0.1, -0.05) is 0 Å². The average Bonchev–Trinajstić information content (AvgIpc) is 3.65. The van der Waals surface area contributed by atoms with Crippen molar-refractivity contribution in [2.24, 2.45) is 0 Å². The van der Waals surface area contributed by atoms with E-state index in [1.54, 1.807) is 31.6 Å². The normalized spacial score (nSPS) is 12.6. The molecule has 4 aromatic rings. The maximum absolute atomic E-state index is 12.5. The van der Waals surface area contributed by atoms with Crippen LogP contribution >= 0.6 is 0 Å². The Labute approximate surface area is 230 Å². The molecule has 0 spiro atoms. The van der Waals surface area contributed by atoms with Crippen LogP contribution < -0.4 is 29.6 Å². The van der Waals surface area contributed by atoms with Gasteiger partial charge in [-0.25, -0.2) is 9.97 Å². The molecule has 12 heteroatoms. The molecule has 2 aromatic heterocycles. The van der Waals surface area contributed by atoms with Gasteiger partial charge in [-0.05, 0) is 50.5 Å². The second-order valence-electron chi connectivity index (χ2n) is 8.65. The Morgan fingerprint density at radius 3 is 1.95 bits per heavy atom. The summed E-state index contributed by atoms with van der Waals surface area (Å²) in [7, 11) is 1.62. The zero-order chi connectivity index (χ0) is 28.2. The molecule has 0 radical (unpaired) electrons. The molecule has 10 nitrogen and oxygen atoms in total. The number of benzene rings is 2. The number of hydrogen-bond donors (Lipinski definition) is 2. The van der Waals surface area contributed by atoms with Crippen LogP contribution in [0, 0.1) is 0 Å². The summed E-state index contributed by atoms with van der Waals surface area (Å²) in [5.41, 5.74) is 1.67. The summed E-state index contributed by atoms with van der Waals surface area (Å²) in [4.78, 5) is 7.68. The SMILES string of the molecule is CCOc1cc(NCc2cnco2)ccc1OC.FC(F)Oc1ccc(NCc2cnco2)cc1OC1CCC1. The monoisotopic (exact) mass is 558 g/mol. The fourth-order valence-corrected chi connectivity index (χ4v) is 3.66. The molecule has 1 fully saturated rings. The summed E-state index contributed by atoms with van der Waals surface area (Å²) in [6, 6.07) is 10.5. The molecule has 0 saturated heterocycles. The van der Waals surface area contributed by atoms with Gasteiger partial charge < -0.3 is 38.4 Å². The van der Waals surface area contributed by atoms with Crippen molar-refractivity contribution in [1.29, 1.82) is 0 Å². The van der Waals surface area contributed by atoms with Crippen molar-refractivity contribution in [1.82, 2.24) is 9.97 Å². The number of halogens is 2. The molecule has 5 rings (SSSR count). The highest BCUT2D eigenvalue weighted by Gasteiger charge is 2.22. The number of aromatic nitrogens is 2. The highest BCUT2D eigenvalue weighted by Crippen LogP contribution is 2.35. The van der Waals surface area contributed by atoms with Crippen molar-refractivity contribution in [3.8, 4) is 23.0 Å². The molecule has 2 aromatic carbocycles. The summed E-state index contributed by atoms with van der Waals surface area (Å²) in [6.07, 6.45) is 9.09. The highest BCUT2D eigenvalue weighted by molar-refractivity contribution is 5.55.